The number of nitrogens with zero attached hydrogens (tertiary/aromatic N) is 2. The van der Waals surface area contributed by atoms with Crippen LogP contribution in [0.1, 0.15) is 21.1 Å². The number of fused-ring (bicyclic) bond motifs is 1. The number of aryl methyl sites for hydroxylation is 1. The first kappa shape index (κ1) is 21.9. The lowest BCUT2D eigenvalue weighted by Gasteiger charge is -2.16. The average molecular weight is 432 g/mol. The van der Waals surface area contributed by atoms with Gasteiger partial charge in [0, 0.05) is 13.7 Å². The summed E-state index contributed by atoms with van der Waals surface area (Å²) in [4.78, 5) is 35.2. The molecule has 0 spiro atoms. The lowest BCUT2D eigenvalue weighted by molar-refractivity contribution is 0.0393. The van der Waals surface area contributed by atoms with Crippen molar-refractivity contribution in [2.45, 2.75) is 13.5 Å². The Balaban J connectivity index is 1.66. The highest BCUT2D eigenvalue weighted by atomic mass is 32.1. The number of esters is 1. The van der Waals surface area contributed by atoms with Crippen LogP contribution in [0.4, 0.5) is 0 Å². The van der Waals surface area contributed by atoms with Crippen molar-refractivity contribution < 1.29 is 19.0 Å². The quantitative estimate of drug-likeness (QED) is 0.390. The van der Waals surface area contributed by atoms with Gasteiger partial charge in [-0.25, -0.2) is 9.78 Å². The highest BCUT2D eigenvalue weighted by Crippen LogP contribution is 2.27. The summed E-state index contributed by atoms with van der Waals surface area (Å²) < 4.78 is 15.8. The number of carbonyl (C=O) groups excluding carboxylic acids is 1. The standard InChI is InChI=1S/C21H25N3O5S/c1-14-17-19(25)22-16(13-24(2)9-10-28-15-7-5-4-6-8-15)23-20(17)30-18(14)21(26)29-12-11-27-3/h4-8H,9-13H2,1-3H3,(H,22,23,25). The number of hydrogen-bond acceptors (Lipinski definition) is 8. The second-order valence-electron chi connectivity index (χ2n) is 6.78. The Hall–Kier alpha value is -2.75. The zero-order valence-electron chi connectivity index (χ0n) is 17.3. The zero-order valence-corrected chi connectivity index (χ0v) is 18.1. The number of aromatic nitrogens is 2. The first-order chi connectivity index (χ1) is 14.5. The lowest BCUT2D eigenvalue weighted by Crippen LogP contribution is -2.26. The number of ether oxygens (including phenoxy) is 3. The van der Waals surface area contributed by atoms with Crippen LogP contribution in [0.15, 0.2) is 35.1 Å². The third kappa shape index (κ3) is 5.44. The van der Waals surface area contributed by atoms with Gasteiger partial charge in [-0.1, -0.05) is 18.2 Å². The molecule has 8 nitrogen and oxygen atoms in total. The van der Waals surface area contributed by atoms with Crippen LogP contribution in [0.5, 0.6) is 5.75 Å². The third-order valence-corrected chi connectivity index (χ3v) is 5.63. The fraction of sp³-hybridized carbons (Fsp3) is 0.381. The van der Waals surface area contributed by atoms with Crippen molar-refractivity contribution in [3.8, 4) is 5.75 Å². The van der Waals surface area contributed by atoms with Gasteiger partial charge >= 0.3 is 5.97 Å². The Morgan fingerprint density at radius 1 is 1.20 bits per heavy atom. The smallest absolute Gasteiger partial charge is 0.348 e. The SMILES string of the molecule is COCCOC(=O)c1sc2nc(CN(C)CCOc3ccccc3)[nH]c(=O)c2c1C. The van der Waals surface area contributed by atoms with Gasteiger partial charge in [0.2, 0.25) is 0 Å². The molecule has 0 atom stereocenters. The van der Waals surface area contributed by atoms with Crippen molar-refractivity contribution in [2.75, 3.05) is 40.5 Å². The number of methoxy groups -OCH3 is 1. The van der Waals surface area contributed by atoms with Crippen LogP contribution in [0.3, 0.4) is 0 Å². The molecule has 3 rings (SSSR count). The molecule has 1 N–H and O–H groups in total. The molecule has 0 aliphatic carbocycles. The largest absolute Gasteiger partial charge is 0.492 e. The predicted molar refractivity (Wildman–Crippen MR) is 115 cm³/mol. The van der Waals surface area contributed by atoms with Crippen LogP contribution < -0.4 is 10.3 Å². The summed E-state index contributed by atoms with van der Waals surface area (Å²) in [6.45, 7) is 3.84. The van der Waals surface area contributed by atoms with E-state index in [-0.39, 0.29) is 12.2 Å². The van der Waals surface area contributed by atoms with Gasteiger partial charge in [0.25, 0.3) is 5.56 Å². The van der Waals surface area contributed by atoms with Crippen molar-refractivity contribution in [1.29, 1.82) is 0 Å². The molecule has 2 aromatic heterocycles. The number of hydrogen-bond donors (Lipinski definition) is 1. The topological polar surface area (TPSA) is 93.8 Å². The molecule has 2 heterocycles. The van der Waals surface area contributed by atoms with Gasteiger partial charge in [-0.15, -0.1) is 11.3 Å². The number of likely N-dealkylation sites (N-methyl/N-ethyl adjacent to an activating group) is 1. The maximum atomic E-state index is 12.6. The van der Waals surface area contributed by atoms with Crippen molar-refractivity contribution in [3.05, 3.63) is 57.0 Å². The fourth-order valence-electron chi connectivity index (χ4n) is 2.91. The third-order valence-electron chi connectivity index (χ3n) is 4.46. The number of rotatable bonds is 10. The number of benzene rings is 1. The molecule has 0 aliphatic heterocycles. The minimum atomic E-state index is -0.469. The number of H-pyrrole nitrogens is 1. The van der Waals surface area contributed by atoms with Gasteiger partial charge in [0.05, 0.1) is 18.5 Å². The average Bonchev–Trinajstić information content (AvgIpc) is 3.06. The first-order valence-electron chi connectivity index (χ1n) is 9.54. The molecule has 30 heavy (non-hydrogen) atoms. The second kappa shape index (κ2) is 10.3. The van der Waals surface area contributed by atoms with Gasteiger partial charge in [0.1, 0.15) is 34.5 Å². The monoisotopic (exact) mass is 431 g/mol. The number of para-hydroxylation sites is 1. The van der Waals surface area contributed by atoms with Crippen molar-refractivity contribution in [3.63, 3.8) is 0 Å². The van der Waals surface area contributed by atoms with Crippen molar-refractivity contribution >= 4 is 27.5 Å². The van der Waals surface area contributed by atoms with Crippen LogP contribution in [0, 0.1) is 6.92 Å². The van der Waals surface area contributed by atoms with E-state index >= 15 is 0 Å². The van der Waals surface area contributed by atoms with E-state index in [0.29, 0.717) is 52.8 Å². The van der Waals surface area contributed by atoms with Gasteiger partial charge in [0.15, 0.2) is 0 Å². The maximum Gasteiger partial charge on any atom is 0.348 e. The van der Waals surface area contributed by atoms with Crippen LogP contribution in [-0.2, 0) is 16.0 Å². The molecular weight excluding hydrogens is 406 g/mol. The highest BCUT2D eigenvalue weighted by Gasteiger charge is 2.20. The minimum absolute atomic E-state index is 0.161. The first-order valence-corrected chi connectivity index (χ1v) is 10.4. The summed E-state index contributed by atoms with van der Waals surface area (Å²) in [5.74, 6) is 0.886. The lowest BCUT2D eigenvalue weighted by atomic mass is 10.2. The molecule has 0 saturated carbocycles. The summed E-state index contributed by atoms with van der Waals surface area (Å²) >= 11 is 1.17. The Kier molecular flexibility index (Phi) is 7.56. The number of carbonyl (C=O) groups is 1. The fourth-order valence-corrected chi connectivity index (χ4v) is 4.01. The van der Waals surface area contributed by atoms with E-state index in [1.54, 1.807) is 6.92 Å². The van der Waals surface area contributed by atoms with Gasteiger partial charge in [-0.05, 0) is 31.7 Å². The van der Waals surface area contributed by atoms with Crippen molar-refractivity contribution in [2.24, 2.45) is 0 Å². The van der Waals surface area contributed by atoms with Gasteiger partial charge in [-0.3, -0.25) is 9.69 Å². The van der Waals surface area contributed by atoms with E-state index in [0.717, 1.165) is 5.75 Å². The van der Waals surface area contributed by atoms with Crippen molar-refractivity contribution in [1.82, 2.24) is 14.9 Å². The van der Waals surface area contributed by atoms with E-state index < -0.39 is 5.97 Å². The molecule has 3 aromatic rings. The Labute approximate surface area is 178 Å². The summed E-state index contributed by atoms with van der Waals surface area (Å²) in [7, 11) is 3.46. The summed E-state index contributed by atoms with van der Waals surface area (Å²) in [6, 6.07) is 9.60. The highest BCUT2D eigenvalue weighted by molar-refractivity contribution is 7.20. The molecule has 0 fully saturated rings. The normalized spacial score (nSPS) is 11.2. The van der Waals surface area contributed by atoms with E-state index in [2.05, 4.69) is 9.97 Å². The molecular formula is C21H25N3O5S. The van der Waals surface area contributed by atoms with E-state index in [9.17, 15) is 9.59 Å². The zero-order chi connectivity index (χ0) is 21.5. The van der Waals surface area contributed by atoms with E-state index in [1.807, 2.05) is 42.3 Å². The molecule has 0 bridgehead atoms. The Morgan fingerprint density at radius 3 is 2.70 bits per heavy atom. The molecule has 0 unspecified atom stereocenters. The van der Waals surface area contributed by atoms with E-state index in [1.165, 1.54) is 18.4 Å². The second-order valence-corrected chi connectivity index (χ2v) is 7.78. The van der Waals surface area contributed by atoms with Crippen LogP contribution in [0.25, 0.3) is 10.2 Å². The summed E-state index contributed by atoms with van der Waals surface area (Å²) in [5.41, 5.74) is 0.330. The molecule has 0 saturated heterocycles. The van der Waals surface area contributed by atoms with Gasteiger partial charge < -0.3 is 19.2 Å². The molecule has 9 heteroatoms. The number of nitrogens with one attached hydrogen (secondary N) is 1. The molecule has 0 radical (unpaired) electrons. The summed E-state index contributed by atoms with van der Waals surface area (Å²) in [6.07, 6.45) is 0. The number of thiophene rings is 1. The number of aromatic amines is 1. The molecule has 0 amide bonds. The molecule has 0 aliphatic rings. The summed E-state index contributed by atoms with van der Waals surface area (Å²) in [5, 5.41) is 0.428. The van der Waals surface area contributed by atoms with Crippen LogP contribution in [0.2, 0.25) is 0 Å². The van der Waals surface area contributed by atoms with E-state index in [4.69, 9.17) is 14.2 Å². The maximum absolute atomic E-state index is 12.6. The minimum Gasteiger partial charge on any atom is -0.492 e. The molecule has 1 aromatic carbocycles. The Bertz CT molecular complexity index is 1050. The Morgan fingerprint density at radius 2 is 1.97 bits per heavy atom. The van der Waals surface area contributed by atoms with Crippen LogP contribution >= 0.6 is 11.3 Å². The molecule has 160 valence electrons. The predicted octanol–water partition coefficient (Wildman–Crippen LogP) is 2.61. The van der Waals surface area contributed by atoms with Gasteiger partial charge in [-0.2, -0.15) is 0 Å². The van der Waals surface area contributed by atoms with Crippen LogP contribution in [-0.4, -0.2) is 61.4 Å².